The Morgan fingerprint density at radius 2 is 1.57 bits per heavy atom. The molecule has 0 aromatic carbocycles. The van der Waals surface area contributed by atoms with E-state index in [-0.39, 0.29) is 25.8 Å². The Balaban J connectivity index is 1.96. The van der Waals surface area contributed by atoms with E-state index in [0.717, 1.165) is 54.5 Å². The molecule has 2 rings (SSSR count). The van der Waals surface area contributed by atoms with Gasteiger partial charge >= 0.3 is 11.7 Å². The molecule has 1 aromatic heterocycles. The van der Waals surface area contributed by atoms with Crippen LogP contribution in [0.15, 0.2) is 21.9 Å². The van der Waals surface area contributed by atoms with Crippen LogP contribution in [0.2, 0.25) is 0 Å². The van der Waals surface area contributed by atoms with Crippen molar-refractivity contribution >= 4 is 11.9 Å². The number of aromatic nitrogens is 2. The maximum absolute atomic E-state index is 13.4. The van der Waals surface area contributed by atoms with Gasteiger partial charge in [-0.25, -0.2) is 9.59 Å². The van der Waals surface area contributed by atoms with Crippen LogP contribution >= 0.6 is 0 Å². The number of carbonyl (C=O) groups excluding carboxylic acids is 2. The van der Waals surface area contributed by atoms with E-state index in [0.29, 0.717) is 6.42 Å². The lowest BCUT2D eigenvalue weighted by Crippen LogP contribution is -2.53. The van der Waals surface area contributed by atoms with Gasteiger partial charge in [-0.2, -0.15) is 0 Å². The molecule has 0 radical (unpaired) electrons. The molecular weight excluding hydrogens is 572 g/mol. The Labute approximate surface area is 259 Å². The van der Waals surface area contributed by atoms with Crippen LogP contribution in [0.1, 0.15) is 116 Å². The van der Waals surface area contributed by atoms with Gasteiger partial charge in [-0.1, -0.05) is 84.0 Å². The Hall–Kier alpha value is -2.58. The molecule has 1 aliphatic rings. The van der Waals surface area contributed by atoms with Gasteiger partial charge in [-0.05, 0) is 13.0 Å². The zero-order valence-corrected chi connectivity index (χ0v) is 26.4. The Morgan fingerprint density at radius 3 is 2.09 bits per heavy atom. The molecule has 1 aromatic rings. The van der Waals surface area contributed by atoms with E-state index in [2.05, 4.69) is 11.9 Å². The lowest BCUT2D eigenvalue weighted by molar-refractivity contribution is -0.166. The first kappa shape index (κ1) is 37.6. The normalized spacial score (nSPS) is 21.2. The molecule has 2 heterocycles. The van der Waals surface area contributed by atoms with Crippen molar-refractivity contribution in [1.82, 2.24) is 14.5 Å². The van der Waals surface area contributed by atoms with Gasteiger partial charge in [0.1, 0.15) is 24.5 Å². The van der Waals surface area contributed by atoms with Crippen LogP contribution in [0.5, 0.6) is 0 Å². The number of nitrogens with two attached hydrogens (primary N) is 1. The van der Waals surface area contributed by atoms with E-state index < -0.39 is 59.9 Å². The number of rotatable bonds is 22. The molecule has 1 saturated heterocycles. The average Bonchev–Trinajstić information content (AvgIpc) is 3.27. The van der Waals surface area contributed by atoms with Crippen molar-refractivity contribution in [3.05, 3.63) is 33.1 Å². The number of aliphatic hydroxyl groups excluding tert-OH is 3. The van der Waals surface area contributed by atoms with Crippen molar-refractivity contribution in [1.29, 1.82) is 0 Å². The van der Waals surface area contributed by atoms with Crippen LogP contribution in [0.3, 0.4) is 0 Å². The van der Waals surface area contributed by atoms with Crippen LogP contribution in [0.25, 0.3) is 0 Å². The second kappa shape index (κ2) is 20.5. The molecule has 13 heteroatoms. The minimum atomic E-state index is -1.58. The fourth-order valence-corrected chi connectivity index (χ4v) is 5.72. The van der Waals surface area contributed by atoms with Crippen molar-refractivity contribution in [3.8, 4) is 0 Å². The van der Waals surface area contributed by atoms with Crippen molar-refractivity contribution in [2.45, 2.75) is 146 Å². The summed E-state index contributed by atoms with van der Waals surface area (Å²) in [5.41, 5.74) is 4.14. The number of methoxy groups -OCH3 is 1. The molecule has 0 spiro atoms. The first-order valence-electron chi connectivity index (χ1n) is 16.3. The van der Waals surface area contributed by atoms with Crippen molar-refractivity contribution in [2.24, 2.45) is 5.73 Å². The van der Waals surface area contributed by atoms with E-state index in [1.165, 1.54) is 51.4 Å². The Kier molecular flexibility index (Phi) is 17.5. The maximum atomic E-state index is 13.4. The Morgan fingerprint density at radius 1 is 1.00 bits per heavy atom. The first-order valence-corrected chi connectivity index (χ1v) is 16.3. The van der Waals surface area contributed by atoms with Gasteiger partial charge in [-0.3, -0.25) is 19.1 Å². The lowest BCUT2D eigenvalue weighted by atomic mass is 10.00. The number of nitrogens with zero attached hydrogens (tertiary/aromatic N) is 2. The average molecular weight is 627 g/mol. The highest BCUT2D eigenvalue weighted by Gasteiger charge is 2.47. The van der Waals surface area contributed by atoms with Crippen LogP contribution in [-0.2, 0) is 19.1 Å². The molecule has 252 valence electrons. The summed E-state index contributed by atoms with van der Waals surface area (Å²) in [6, 6.07) is -0.289. The van der Waals surface area contributed by atoms with E-state index in [1.807, 2.05) is 0 Å². The third-order valence-electron chi connectivity index (χ3n) is 8.26. The summed E-state index contributed by atoms with van der Waals surface area (Å²) in [7, 11) is 1.14. The number of aromatic amines is 1. The summed E-state index contributed by atoms with van der Waals surface area (Å²) >= 11 is 0. The second-order valence-electron chi connectivity index (χ2n) is 11.7. The lowest BCUT2D eigenvalue weighted by Gasteiger charge is -2.35. The van der Waals surface area contributed by atoms with Gasteiger partial charge in [0.25, 0.3) is 5.56 Å². The van der Waals surface area contributed by atoms with Crippen molar-refractivity contribution < 1.29 is 34.4 Å². The summed E-state index contributed by atoms with van der Waals surface area (Å²) in [6.07, 6.45) is 8.77. The minimum absolute atomic E-state index is 0.00391. The predicted molar refractivity (Wildman–Crippen MR) is 165 cm³/mol. The standard InChI is InChI=1S/C31H54N4O9/c1-3-4-5-6-7-8-9-10-11-12-13-14-15-16-25(37)35(26(38)17-19-32)22(30(41)43-2)21-23-27(39)28(40)29(44-23)34-20-18-24(36)33-31(34)42/h18,20,22-23,26-29,38-40H,3-17,19,21,32H2,1-2H3,(H,33,36,42)/t22-,23+,26+,27?,28?,29+/m0/s1. The highest BCUT2D eigenvalue weighted by Crippen LogP contribution is 2.32. The second-order valence-corrected chi connectivity index (χ2v) is 11.7. The van der Waals surface area contributed by atoms with Gasteiger partial charge in [0, 0.05) is 31.5 Å². The summed E-state index contributed by atoms with van der Waals surface area (Å²) < 4.78 is 11.6. The molecule has 44 heavy (non-hydrogen) atoms. The third kappa shape index (κ3) is 11.7. The molecule has 6 N–H and O–H groups in total. The highest BCUT2D eigenvalue weighted by molar-refractivity contribution is 5.84. The quantitative estimate of drug-likeness (QED) is 0.0721. The fourth-order valence-electron chi connectivity index (χ4n) is 5.72. The summed E-state index contributed by atoms with van der Waals surface area (Å²) in [6.45, 7) is 2.28. The number of carbonyl (C=O) groups is 2. The van der Waals surface area contributed by atoms with Gasteiger partial charge in [-0.15, -0.1) is 0 Å². The van der Waals surface area contributed by atoms with Crippen LogP contribution in [0.4, 0.5) is 0 Å². The van der Waals surface area contributed by atoms with Gasteiger partial charge in [0.2, 0.25) is 5.91 Å². The molecule has 0 aliphatic carbocycles. The molecule has 0 bridgehead atoms. The SMILES string of the molecule is CCCCCCCCCCCCCCCC(=O)N([C@H](O)CCN)[C@@H](C[C@H]1O[C@@H](n2ccc(=O)[nH]c2=O)C(O)C1O)C(=O)OC. The van der Waals surface area contributed by atoms with Crippen LogP contribution < -0.4 is 17.0 Å². The van der Waals surface area contributed by atoms with E-state index in [1.54, 1.807) is 0 Å². The van der Waals surface area contributed by atoms with E-state index in [4.69, 9.17) is 15.2 Å². The van der Waals surface area contributed by atoms with Crippen LogP contribution in [-0.4, -0.2) is 85.9 Å². The van der Waals surface area contributed by atoms with E-state index >= 15 is 0 Å². The molecule has 0 saturated carbocycles. The molecule has 13 nitrogen and oxygen atoms in total. The number of aliphatic hydroxyl groups is 3. The summed E-state index contributed by atoms with van der Waals surface area (Å²) in [5.74, 6) is -1.31. The molecule has 6 atom stereocenters. The monoisotopic (exact) mass is 626 g/mol. The smallest absolute Gasteiger partial charge is 0.330 e. The zero-order valence-electron chi connectivity index (χ0n) is 26.4. The predicted octanol–water partition coefficient (Wildman–Crippen LogP) is 2.06. The number of hydrogen-bond acceptors (Lipinski definition) is 10. The molecule has 1 fully saturated rings. The fraction of sp³-hybridized carbons (Fsp3) is 0.806. The minimum Gasteiger partial charge on any atom is -0.467 e. The Bertz CT molecular complexity index is 1090. The molecule has 1 amide bonds. The number of H-pyrrole nitrogens is 1. The van der Waals surface area contributed by atoms with Gasteiger partial charge < -0.3 is 35.4 Å². The first-order chi connectivity index (χ1) is 21.2. The number of esters is 1. The van der Waals surface area contributed by atoms with E-state index in [9.17, 15) is 34.5 Å². The number of ether oxygens (including phenoxy) is 2. The zero-order chi connectivity index (χ0) is 32.5. The molecular formula is C31H54N4O9. The molecule has 2 unspecified atom stereocenters. The topological polar surface area (TPSA) is 197 Å². The summed E-state index contributed by atoms with van der Waals surface area (Å²) in [4.78, 5) is 53.1. The van der Waals surface area contributed by atoms with Gasteiger partial charge in [0.05, 0.1) is 13.2 Å². The van der Waals surface area contributed by atoms with Crippen molar-refractivity contribution in [2.75, 3.05) is 13.7 Å². The third-order valence-corrected chi connectivity index (χ3v) is 8.26. The highest BCUT2D eigenvalue weighted by atomic mass is 16.6. The largest absolute Gasteiger partial charge is 0.467 e. The van der Waals surface area contributed by atoms with Crippen molar-refractivity contribution in [3.63, 3.8) is 0 Å². The van der Waals surface area contributed by atoms with Gasteiger partial charge in [0.15, 0.2) is 6.23 Å². The molecule has 1 aliphatic heterocycles. The number of unbranched alkanes of at least 4 members (excludes halogenated alkanes) is 12. The van der Waals surface area contributed by atoms with Crippen LogP contribution in [0, 0.1) is 0 Å². The maximum Gasteiger partial charge on any atom is 0.330 e. The summed E-state index contributed by atoms with van der Waals surface area (Å²) in [5, 5.41) is 32.2. The number of nitrogens with one attached hydrogen (secondary N) is 1. The number of hydrogen-bond donors (Lipinski definition) is 5. The number of amides is 1.